The van der Waals surface area contributed by atoms with Crippen LogP contribution in [0, 0.1) is 17.3 Å². The van der Waals surface area contributed by atoms with Crippen molar-refractivity contribution in [2.24, 2.45) is 17.3 Å². The number of aromatic nitrogens is 1. The Morgan fingerprint density at radius 3 is 2.44 bits per heavy atom. The zero-order valence-electron chi connectivity index (χ0n) is 21.2. The van der Waals surface area contributed by atoms with Crippen molar-refractivity contribution < 1.29 is 9.53 Å². The quantitative estimate of drug-likeness (QED) is 0.330. The molecule has 1 amide bonds. The van der Waals surface area contributed by atoms with Crippen LogP contribution >= 0.6 is 22.6 Å². The number of para-hydroxylation sites is 2. The van der Waals surface area contributed by atoms with Crippen LogP contribution in [0.3, 0.4) is 0 Å². The molecule has 0 spiro atoms. The molecule has 1 aliphatic heterocycles. The summed E-state index contributed by atoms with van der Waals surface area (Å²) in [5, 5.41) is 0. The van der Waals surface area contributed by atoms with E-state index >= 15 is 0 Å². The lowest BCUT2D eigenvalue weighted by molar-refractivity contribution is -0.140. The summed E-state index contributed by atoms with van der Waals surface area (Å²) >= 11 is 2.71. The molecular formula is C29H37IN4O2. The van der Waals surface area contributed by atoms with Crippen molar-refractivity contribution in [1.29, 1.82) is 0 Å². The molecule has 192 valence electrons. The predicted octanol–water partition coefficient (Wildman–Crippen LogP) is 5.02. The molecule has 7 rings (SSSR count). The number of amides is 1. The van der Waals surface area contributed by atoms with E-state index in [1.54, 1.807) is 7.11 Å². The Labute approximate surface area is 228 Å². The molecule has 6 nitrogen and oxygen atoms in total. The van der Waals surface area contributed by atoms with E-state index in [0.717, 1.165) is 75.4 Å². The fourth-order valence-electron chi connectivity index (χ4n) is 7.87. The molecule has 2 unspecified atom stereocenters. The Bertz CT molecular complexity index is 1070. The Morgan fingerprint density at radius 2 is 1.78 bits per heavy atom. The van der Waals surface area contributed by atoms with E-state index in [1.165, 1.54) is 24.9 Å². The Kier molecular flexibility index (Phi) is 6.65. The van der Waals surface area contributed by atoms with E-state index in [9.17, 15) is 4.79 Å². The first-order chi connectivity index (χ1) is 17.5. The standard InChI is InChI=1S/C29H37IN4O2/c1-36-25-7-3-2-6-24(25)33-13-10-32(11-14-33)12-15-34(26-8-4-5-9-31-26)27(35)28-17-22-16-23(18-28)20-29(30,19-22)21-28/h2-9,22-23H,10-21H2,1H3/t22-,23+,28?,29?. The SMILES string of the molecule is COc1ccccc1N1CCN(CCN(C(=O)C23C[C@@H]4C[C@@H](CC(I)(C4)C2)C3)c2ccccn2)CC1. The van der Waals surface area contributed by atoms with Gasteiger partial charge in [0, 0.05) is 48.9 Å². The van der Waals surface area contributed by atoms with E-state index in [2.05, 4.69) is 49.5 Å². The molecular weight excluding hydrogens is 563 g/mol. The number of benzene rings is 1. The van der Waals surface area contributed by atoms with Gasteiger partial charge in [-0.15, -0.1) is 0 Å². The van der Waals surface area contributed by atoms with Crippen molar-refractivity contribution in [2.75, 3.05) is 56.2 Å². The monoisotopic (exact) mass is 600 g/mol. The van der Waals surface area contributed by atoms with Gasteiger partial charge in [0.05, 0.1) is 18.2 Å². The normalized spacial score (nSPS) is 31.4. The second-order valence-electron chi connectivity index (χ2n) is 11.5. The largest absolute Gasteiger partial charge is 0.495 e. The molecule has 2 heterocycles. The van der Waals surface area contributed by atoms with Gasteiger partial charge >= 0.3 is 0 Å². The zero-order chi connectivity index (χ0) is 24.8. The fourth-order valence-corrected chi connectivity index (χ4v) is 9.84. The van der Waals surface area contributed by atoms with Crippen LogP contribution in [0.2, 0.25) is 0 Å². The summed E-state index contributed by atoms with van der Waals surface area (Å²) in [5.41, 5.74) is 0.977. The highest BCUT2D eigenvalue weighted by molar-refractivity contribution is 14.1. The summed E-state index contributed by atoms with van der Waals surface area (Å²) in [7, 11) is 1.74. The molecule has 4 aliphatic carbocycles. The third-order valence-electron chi connectivity index (χ3n) is 9.05. The minimum atomic E-state index is -0.189. The van der Waals surface area contributed by atoms with Gasteiger partial charge in [0.25, 0.3) is 0 Å². The van der Waals surface area contributed by atoms with Crippen molar-refractivity contribution in [3.05, 3.63) is 48.7 Å². The smallest absolute Gasteiger partial charge is 0.234 e. The average molecular weight is 601 g/mol. The molecule has 4 atom stereocenters. The molecule has 1 aromatic heterocycles. The number of rotatable bonds is 7. The Balaban J connectivity index is 1.15. The van der Waals surface area contributed by atoms with Crippen LogP contribution in [0.1, 0.15) is 38.5 Å². The first kappa shape index (κ1) is 24.5. The number of ether oxygens (including phenoxy) is 1. The maximum atomic E-state index is 14.4. The number of alkyl halides is 1. The highest BCUT2D eigenvalue weighted by Gasteiger charge is 2.60. The van der Waals surface area contributed by atoms with Gasteiger partial charge in [-0.05, 0) is 74.6 Å². The van der Waals surface area contributed by atoms with Crippen molar-refractivity contribution in [2.45, 2.75) is 41.9 Å². The summed E-state index contributed by atoms with van der Waals surface area (Å²) in [6, 6.07) is 14.2. The predicted molar refractivity (Wildman–Crippen MR) is 152 cm³/mol. The second kappa shape index (κ2) is 9.78. The third-order valence-corrected chi connectivity index (χ3v) is 10.3. The van der Waals surface area contributed by atoms with Crippen molar-refractivity contribution in [3.8, 4) is 5.75 Å². The maximum Gasteiger partial charge on any atom is 0.234 e. The first-order valence-corrected chi connectivity index (χ1v) is 14.6. The topological polar surface area (TPSA) is 48.9 Å². The van der Waals surface area contributed by atoms with Gasteiger partial charge in [0.1, 0.15) is 11.6 Å². The number of carbonyl (C=O) groups is 1. The van der Waals surface area contributed by atoms with Crippen molar-refractivity contribution in [3.63, 3.8) is 0 Å². The lowest BCUT2D eigenvalue weighted by Gasteiger charge is -2.60. The number of methoxy groups -OCH3 is 1. The molecule has 1 aromatic carbocycles. The number of halogens is 1. The second-order valence-corrected chi connectivity index (χ2v) is 13.8. The lowest BCUT2D eigenvalue weighted by atomic mass is 9.49. The van der Waals surface area contributed by atoms with E-state index in [-0.39, 0.29) is 5.41 Å². The van der Waals surface area contributed by atoms with Crippen molar-refractivity contribution >= 4 is 40.0 Å². The highest BCUT2D eigenvalue weighted by Crippen LogP contribution is 2.65. The molecule has 0 N–H and O–H groups in total. The number of carbonyl (C=O) groups excluding carboxylic acids is 1. The Morgan fingerprint density at radius 1 is 1.06 bits per heavy atom. The van der Waals surface area contributed by atoms with Gasteiger partial charge in [0.15, 0.2) is 0 Å². The molecule has 4 saturated carbocycles. The van der Waals surface area contributed by atoms with E-state index in [1.807, 2.05) is 41.4 Å². The van der Waals surface area contributed by atoms with E-state index in [0.29, 0.717) is 15.9 Å². The van der Waals surface area contributed by atoms with Gasteiger partial charge < -0.3 is 9.64 Å². The molecule has 0 radical (unpaired) electrons. The van der Waals surface area contributed by atoms with Crippen LogP contribution in [0.5, 0.6) is 5.75 Å². The summed E-state index contributed by atoms with van der Waals surface area (Å²) in [4.78, 5) is 25.9. The highest BCUT2D eigenvalue weighted by atomic mass is 127. The lowest BCUT2D eigenvalue weighted by Crippen LogP contribution is -2.59. The summed E-state index contributed by atoms with van der Waals surface area (Å²) in [5.74, 6) is 3.53. The van der Waals surface area contributed by atoms with Crippen LogP contribution in [0.25, 0.3) is 0 Å². The van der Waals surface area contributed by atoms with Gasteiger partial charge in [-0.2, -0.15) is 0 Å². The Hall–Kier alpha value is -1.87. The van der Waals surface area contributed by atoms with Crippen LogP contribution < -0.4 is 14.5 Å². The number of hydrogen-bond donors (Lipinski definition) is 0. The zero-order valence-corrected chi connectivity index (χ0v) is 23.4. The minimum Gasteiger partial charge on any atom is -0.495 e. The van der Waals surface area contributed by atoms with Crippen LogP contribution in [-0.2, 0) is 4.79 Å². The maximum absolute atomic E-state index is 14.4. The fraction of sp³-hybridized carbons (Fsp3) is 0.586. The molecule has 5 fully saturated rings. The minimum absolute atomic E-state index is 0.189. The number of pyridine rings is 1. The van der Waals surface area contributed by atoms with Crippen LogP contribution in [-0.4, -0.2) is 65.6 Å². The van der Waals surface area contributed by atoms with Crippen LogP contribution in [0.4, 0.5) is 11.5 Å². The van der Waals surface area contributed by atoms with E-state index in [4.69, 9.17) is 4.74 Å². The summed E-state index contributed by atoms with van der Waals surface area (Å²) in [6.07, 6.45) is 8.97. The van der Waals surface area contributed by atoms with Crippen molar-refractivity contribution in [1.82, 2.24) is 9.88 Å². The molecule has 36 heavy (non-hydrogen) atoms. The summed E-state index contributed by atoms with van der Waals surface area (Å²) in [6.45, 7) is 5.46. The number of hydrogen-bond acceptors (Lipinski definition) is 5. The van der Waals surface area contributed by atoms with Gasteiger partial charge in [-0.3, -0.25) is 14.6 Å². The molecule has 5 aliphatic rings. The number of nitrogens with zero attached hydrogens (tertiary/aromatic N) is 4. The third kappa shape index (κ3) is 4.62. The molecule has 4 bridgehead atoms. The van der Waals surface area contributed by atoms with Gasteiger partial charge in [0.2, 0.25) is 5.91 Å². The molecule has 1 saturated heterocycles. The average Bonchev–Trinajstić information content (AvgIpc) is 2.88. The van der Waals surface area contributed by atoms with Crippen LogP contribution in [0.15, 0.2) is 48.7 Å². The number of anilines is 2. The number of piperazine rings is 1. The van der Waals surface area contributed by atoms with E-state index < -0.39 is 0 Å². The molecule has 7 heteroatoms. The molecule has 2 aromatic rings. The van der Waals surface area contributed by atoms with Gasteiger partial charge in [-0.25, -0.2) is 4.98 Å². The first-order valence-electron chi connectivity index (χ1n) is 13.5. The van der Waals surface area contributed by atoms with Gasteiger partial charge in [-0.1, -0.05) is 40.8 Å². The summed E-state index contributed by atoms with van der Waals surface area (Å²) < 4.78 is 5.90.